The lowest BCUT2D eigenvalue weighted by Gasteiger charge is -2.36. The Hall–Kier alpha value is -2.86. The molecule has 1 heterocycles. The van der Waals surface area contributed by atoms with E-state index in [0.717, 1.165) is 30.8 Å². The van der Waals surface area contributed by atoms with E-state index in [-0.39, 0.29) is 24.5 Å². The first-order valence-corrected chi connectivity index (χ1v) is 11.2. The molecule has 1 aliphatic heterocycles. The van der Waals surface area contributed by atoms with Gasteiger partial charge >= 0.3 is 5.97 Å². The van der Waals surface area contributed by atoms with Crippen LogP contribution in [0.25, 0.3) is 0 Å². The van der Waals surface area contributed by atoms with Gasteiger partial charge in [0.2, 0.25) is 0 Å². The summed E-state index contributed by atoms with van der Waals surface area (Å²) >= 11 is 0. The highest BCUT2D eigenvalue weighted by Gasteiger charge is 2.26. The summed E-state index contributed by atoms with van der Waals surface area (Å²) in [6, 6.07) is 17.0. The van der Waals surface area contributed by atoms with E-state index in [1.807, 2.05) is 14.1 Å². The Balaban J connectivity index is 1.71. The van der Waals surface area contributed by atoms with Gasteiger partial charge in [0.25, 0.3) is 5.91 Å². The third-order valence-electron chi connectivity index (χ3n) is 5.83. The molecular weight excluding hydrogens is 402 g/mol. The van der Waals surface area contributed by atoms with Gasteiger partial charge in [-0.15, -0.1) is 0 Å². The van der Waals surface area contributed by atoms with Gasteiger partial charge < -0.3 is 15.0 Å². The van der Waals surface area contributed by atoms with E-state index >= 15 is 0 Å². The fourth-order valence-corrected chi connectivity index (χ4v) is 3.85. The van der Waals surface area contributed by atoms with Crippen LogP contribution >= 0.6 is 0 Å². The lowest BCUT2D eigenvalue weighted by Crippen LogP contribution is -2.42. The molecule has 0 radical (unpaired) electrons. The molecule has 0 saturated carbocycles. The molecule has 3 rings (SSSR count). The number of hydrogen-bond donors (Lipinski definition) is 1. The van der Waals surface area contributed by atoms with Crippen molar-refractivity contribution in [2.75, 3.05) is 38.7 Å². The van der Waals surface area contributed by atoms with Crippen molar-refractivity contribution < 1.29 is 14.3 Å². The van der Waals surface area contributed by atoms with Gasteiger partial charge in [0.05, 0.1) is 11.5 Å². The lowest BCUT2D eigenvalue weighted by atomic mass is 9.96. The van der Waals surface area contributed by atoms with Crippen molar-refractivity contribution in [2.45, 2.75) is 39.8 Å². The Morgan fingerprint density at radius 1 is 1.06 bits per heavy atom. The minimum absolute atomic E-state index is 0.0295. The molecule has 172 valence electrons. The first kappa shape index (κ1) is 23.8. The minimum Gasteiger partial charge on any atom is -0.455 e. The molecule has 32 heavy (non-hydrogen) atoms. The Bertz CT molecular complexity index is 932. The highest BCUT2D eigenvalue weighted by Crippen LogP contribution is 2.28. The Labute approximate surface area is 191 Å². The first-order chi connectivity index (χ1) is 15.1. The van der Waals surface area contributed by atoms with Gasteiger partial charge in [-0.1, -0.05) is 36.4 Å². The topological polar surface area (TPSA) is 61.9 Å². The van der Waals surface area contributed by atoms with Crippen LogP contribution in [-0.4, -0.2) is 50.6 Å². The summed E-state index contributed by atoms with van der Waals surface area (Å²) in [6.45, 7) is 7.27. The van der Waals surface area contributed by atoms with Gasteiger partial charge in [-0.25, -0.2) is 0 Å². The maximum Gasteiger partial charge on any atom is 0.311 e. The Kier molecular flexibility index (Phi) is 7.56. The molecule has 6 heteroatoms. The molecule has 1 aliphatic rings. The molecular formula is C26H35N3O3. The van der Waals surface area contributed by atoms with Crippen LogP contribution in [-0.2, 0) is 27.3 Å². The SMILES string of the molecule is CN(C)c1ccc(C(CNC(=O)COC(=O)C(C)(C)C)N2CCc3ccccc3C2)cc1. The molecule has 0 fully saturated rings. The van der Waals surface area contributed by atoms with Crippen LogP contribution < -0.4 is 10.2 Å². The van der Waals surface area contributed by atoms with Crippen LogP contribution in [0.2, 0.25) is 0 Å². The standard InChI is InChI=1S/C26H35N3O3/c1-26(2,3)25(31)32-18-24(30)27-16-23(20-10-12-22(13-11-20)28(4)5)29-15-14-19-8-6-7-9-21(19)17-29/h6-13,23H,14-18H2,1-5H3,(H,27,30). The van der Waals surface area contributed by atoms with E-state index in [2.05, 4.69) is 63.6 Å². The fraction of sp³-hybridized carbons (Fsp3) is 0.462. The van der Waals surface area contributed by atoms with Crippen molar-refractivity contribution in [3.05, 3.63) is 65.2 Å². The smallest absolute Gasteiger partial charge is 0.311 e. The summed E-state index contributed by atoms with van der Waals surface area (Å²) < 4.78 is 5.17. The van der Waals surface area contributed by atoms with E-state index in [0.29, 0.717) is 6.54 Å². The van der Waals surface area contributed by atoms with Crippen molar-refractivity contribution in [1.29, 1.82) is 0 Å². The van der Waals surface area contributed by atoms with Crippen LogP contribution in [0.5, 0.6) is 0 Å². The second-order valence-electron chi connectivity index (χ2n) is 9.62. The number of anilines is 1. The number of amides is 1. The predicted octanol–water partition coefficient (Wildman–Crippen LogP) is 3.56. The van der Waals surface area contributed by atoms with Crippen molar-refractivity contribution in [3.63, 3.8) is 0 Å². The van der Waals surface area contributed by atoms with Crippen LogP contribution in [0.15, 0.2) is 48.5 Å². The number of nitrogens with zero attached hydrogens (tertiary/aromatic N) is 2. The Morgan fingerprint density at radius 3 is 2.34 bits per heavy atom. The quantitative estimate of drug-likeness (QED) is 0.671. The fourth-order valence-electron chi connectivity index (χ4n) is 3.85. The average Bonchev–Trinajstić information content (AvgIpc) is 2.77. The summed E-state index contributed by atoms with van der Waals surface area (Å²) in [5.74, 6) is -0.661. The summed E-state index contributed by atoms with van der Waals surface area (Å²) in [5.41, 5.74) is 4.39. The normalized spacial score (nSPS) is 14.9. The molecule has 1 unspecified atom stereocenters. The number of carbonyl (C=O) groups excluding carboxylic acids is 2. The largest absolute Gasteiger partial charge is 0.455 e. The minimum atomic E-state index is -0.627. The van der Waals surface area contributed by atoms with Gasteiger partial charge in [-0.2, -0.15) is 0 Å². The molecule has 0 aromatic heterocycles. The van der Waals surface area contributed by atoms with Crippen molar-refractivity contribution in [3.8, 4) is 0 Å². The summed E-state index contributed by atoms with van der Waals surface area (Å²) in [7, 11) is 4.04. The molecule has 0 bridgehead atoms. The van der Waals surface area contributed by atoms with Gasteiger partial charge in [-0.3, -0.25) is 14.5 Å². The molecule has 1 atom stereocenters. The van der Waals surface area contributed by atoms with E-state index in [1.54, 1.807) is 20.8 Å². The van der Waals surface area contributed by atoms with Crippen molar-refractivity contribution in [2.24, 2.45) is 5.41 Å². The van der Waals surface area contributed by atoms with Crippen LogP contribution in [0.4, 0.5) is 5.69 Å². The van der Waals surface area contributed by atoms with Crippen LogP contribution in [0, 0.1) is 5.41 Å². The van der Waals surface area contributed by atoms with E-state index in [4.69, 9.17) is 4.74 Å². The van der Waals surface area contributed by atoms with Crippen LogP contribution in [0.1, 0.15) is 43.5 Å². The third kappa shape index (κ3) is 6.10. The molecule has 0 saturated heterocycles. The summed E-state index contributed by atoms with van der Waals surface area (Å²) in [6.07, 6.45) is 0.986. The van der Waals surface area contributed by atoms with E-state index in [1.165, 1.54) is 11.1 Å². The molecule has 2 aromatic carbocycles. The molecule has 0 spiro atoms. The van der Waals surface area contributed by atoms with Crippen LogP contribution in [0.3, 0.4) is 0 Å². The third-order valence-corrected chi connectivity index (χ3v) is 5.83. The monoisotopic (exact) mass is 437 g/mol. The molecule has 0 aliphatic carbocycles. The van der Waals surface area contributed by atoms with Gasteiger partial charge in [0.1, 0.15) is 0 Å². The number of carbonyl (C=O) groups is 2. The van der Waals surface area contributed by atoms with E-state index in [9.17, 15) is 9.59 Å². The number of nitrogens with one attached hydrogen (secondary N) is 1. The second-order valence-corrected chi connectivity index (χ2v) is 9.62. The maximum absolute atomic E-state index is 12.4. The maximum atomic E-state index is 12.4. The lowest BCUT2D eigenvalue weighted by molar-refractivity contribution is -0.156. The number of fused-ring (bicyclic) bond motifs is 1. The zero-order valence-electron chi connectivity index (χ0n) is 19.9. The first-order valence-electron chi connectivity index (χ1n) is 11.2. The number of esters is 1. The predicted molar refractivity (Wildman–Crippen MR) is 127 cm³/mol. The highest BCUT2D eigenvalue weighted by molar-refractivity contribution is 5.82. The highest BCUT2D eigenvalue weighted by atomic mass is 16.5. The molecule has 1 amide bonds. The Morgan fingerprint density at radius 2 is 1.72 bits per heavy atom. The van der Waals surface area contributed by atoms with Crippen molar-refractivity contribution >= 4 is 17.6 Å². The number of ether oxygens (including phenoxy) is 1. The van der Waals surface area contributed by atoms with E-state index < -0.39 is 5.41 Å². The molecule has 1 N–H and O–H groups in total. The number of benzene rings is 2. The molecule has 2 aromatic rings. The molecule has 6 nitrogen and oxygen atoms in total. The van der Waals surface area contributed by atoms with Crippen molar-refractivity contribution in [1.82, 2.24) is 10.2 Å². The number of hydrogen-bond acceptors (Lipinski definition) is 5. The summed E-state index contributed by atoms with van der Waals surface area (Å²) in [5, 5.41) is 2.98. The van der Waals surface area contributed by atoms with Gasteiger partial charge in [0, 0.05) is 39.4 Å². The zero-order chi connectivity index (χ0) is 23.3. The van der Waals surface area contributed by atoms with Gasteiger partial charge in [0.15, 0.2) is 6.61 Å². The second kappa shape index (κ2) is 10.2. The average molecular weight is 438 g/mol. The zero-order valence-corrected chi connectivity index (χ0v) is 19.9. The number of rotatable bonds is 7. The van der Waals surface area contributed by atoms with Gasteiger partial charge in [-0.05, 0) is 56.0 Å². The summed E-state index contributed by atoms with van der Waals surface area (Å²) in [4.78, 5) is 28.9.